The van der Waals surface area contributed by atoms with E-state index < -0.39 is 0 Å². The smallest absolute Gasteiger partial charge is 0.123 e. The Morgan fingerprint density at radius 1 is 0.576 bits per heavy atom. The van der Waals surface area contributed by atoms with Crippen molar-refractivity contribution in [3.8, 4) is 33.6 Å². The standard InChI is InChI=1S/C26H28N6.ClH/c1-3-21(27-13-1)25-29-15-23(31-25)19-9-5-17(6-10-19)18-7-11-20(12-8-18)24-16-30-26(32-24)22-4-2-14-28-22;/h5-12,15-16,21-22,27-28H,1-4,13-14H2,(H,29,31)(H,30,32);1H. The van der Waals surface area contributed by atoms with Gasteiger partial charge >= 0.3 is 0 Å². The van der Waals surface area contributed by atoms with Crippen LogP contribution in [-0.4, -0.2) is 33.0 Å². The Hall–Kier alpha value is -2.93. The van der Waals surface area contributed by atoms with Crippen LogP contribution in [0.25, 0.3) is 33.6 Å². The highest BCUT2D eigenvalue weighted by Crippen LogP contribution is 2.29. The molecule has 0 spiro atoms. The van der Waals surface area contributed by atoms with Crippen LogP contribution in [0.4, 0.5) is 0 Å². The minimum atomic E-state index is 0. The summed E-state index contributed by atoms with van der Waals surface area (Å²) in [5.41, 5.74) is 6.88. The second-order valence-corrected chi connectivity index (χ2v) is 8.82. The lowest BCUT2D eigenvalue weighted by atomic mass is 10.0. The third-order valence-electron chi connectivity index (χ3n) is 6.70. The first-order valence-corrected chi connectivity index (χ1v) is 11.6. The Labute approximate surface area is 200 Å². The van der Waals surface area contributed by atoms with Crippen LogP contribution in [0.5, 0.6) is 0 Å². The summed E-state index contributed by atoms with van der Waals surface area (Å²) in [5.74, 6) is 2.09. The second kappa shape index (κ2) is 9.51. The highest BCUT2D eigenvalue weighted by Gasteiger charge is 2.20. The van der Waals surface area contributed by atoms with E-state index in [1.807, 2.05) is 12.4 Å². The van der Waals surface area contributed by atoms with E-state index in [4.69, 9.17) is 0 Å². The molecular weight excluding hydrogens is 432 g/mol. The maximum Gasteiger partial charge on any atom is 0.123 e. The Balaban J connectivity index is 0.00000228. The second-order valence-electron chi connectivity index (χ2n) is 8.82. The highest BCUT2D eigenvalue weighted by atomic mass is 35.5. The largest absolute Gasteiger partial charge is 0.341 e. The first kappa shape index (κ1) is 21.9. The van der Waals surface area contributed by atoms with Gasteiger partial charge in [-0.05, 0) is 61.0 Å². The van der Waals surface area contributed by atoms with Gasteiger partial charge in [0.15, 0.2) is 0 Å². The normalized spacial score (nSPS) is 20.1. The molecule has 0 amide bonds. The van der Waals surface area contributed by atoms with Crippen LogP contribution >= 0.6 is 12.4 Å². The van der Waals surface area contributed by atoms with Gasteiger partial charge < -0.3 is 20.6 Å². The van der Waals surface area contributed by atoms with Gasteiger partial charge in [-0.2, -0.15) is 0 Å². The molecular formula is C26H29ClN6. The van der Waals surface area contributed by atoms with Crippen molar-refractivity contribution >= 4 is 12.4 Å². The zero-order valence-corrected chi connectivity index (χ0v) is 19.3. The molecule has 0 aliphatic carbocycles. The molecule has 4 heterocycles. The van der Waals surface area contributed by atoms with E-state index in [1.165, 1.54) is 24.0 Å². The van der Waals surface area contributed by atoms with E-state index in [1.54, 1.807) is 0 Å². The van der Waals surface area contributed by atoms with Gasteiger partial charge in [-0.25, -0.2) is 9.97 Å². The van der Waals surface area contributed by atoms with Crippen LogP contribution in [-0.2, 0) is 0 Å². The van der Waals surface area contributed by atoms with Crippen molar-refractivity contribution in [2.45, 2.75) is 37.8 Å². The first-order valence-electron chi connectivity index (χ1n) is 11.6. The minimum absolute atomic E-state index is 0. The molecule has 2 aliphatic heterocycles. The number of hydrogen-bond acceptors (Lipinski definition) is 4. The fraction of sp³-hybridized carbons (Fsp3) is 0.308. The fourth-order valence-corrected chi connectivity index (χ4v) is 4.84. The summed E-state index contributed by atoms with van der Waals surface area (Å²) in [5, 5.41) is 6.99. The molecule has 2 unspecified atom stereocenters. The molecule has 0 radical (unpaired) electrons. The van der Waals surface area contributed by atoms with Crippen LogP contribution in [0.1, 0.15) is 49.4 Å². The molecule has 2 saturated heterocycles. The molecule has 6 nitrogen and oxygen atoms in total. The summed E-state index contributed by atoms with van der Waals surface area (Å²) < 4.78 is 0. The van der Waals surface area contributed by atoms with E-state index in [-0.39, 0.29) is 12.4 Å². The third kappa shape index (κ3) is 4.47. The fourth-order valence-electron chi connectivity index (χ4n) is 4.84. The van der Waals surface area contributed by atoms with Gasteiger partial charge in [0.2, 0.25) is 0 Å². The topological polar surface area (TPSA) is 81.4 Å². The van der Waals surface area contributed by atoms with E-state index >= 15 is 0 Å². The molecule has 33 heavy (non-hydrogen) atoms. The molecule has 170 valence electrons. The van der Waals surface area contributed by atoms with Gasteiger partial charge in [-0.15, -0.1) is 12.4 Å². The number of benzene rings is 2. The number of hydrogen-bond donors (Lipinski definition) is 4. The molecule has 2 aromatic carbocycles. The molecule has 4 aromatic rings. The predicted octanol–water partition coefficient (Wildman–Crippen LogP) is 5.40. The van der Waals surface area contributed by atoms with Crippen LogP contribution in [0.2, 0.25) is 0 Å². The number of halogens is 1. The van der Waals surface area contributed by atoms with Gasteiger partial charge in [0, 0.05) is 0 Å². The molecule has 2 fully saturated rings. The van der Waals surface area contributed by atoms with Gasteiger partial charge in [-0.3, -0.25) is 0 Å². The van der Waals surface area contributed by atoms with E-state index in [0.717, 1.165) is 60.1 Å². The Kier molecular flexibility index (Phi) is 6.31. The third-order valence-corrected chi connectivity index (χ3v) is 6.70. The van der Waals surface area contributed by atoms with Crippen molar-refractivity contribution in [1.82, 2.24) is 30.6 Å². The summed E-state index contributed by atoms with van der Waals surface area (Å²) in [6.45, 7) is 2.15. The maximum atomic E-state index is 4.59. The average molecular weight is 461 g/mol. The van der Waals surface area contributed by atoms with Gasteiger partial charge in [0.1, 0.15) is 11.6 Å². The van der Waals surface area contributed by atoms with Crippen molar-refractivity contribution in [3.63, 3.8) is 0 Å². The first-order chi connectivity index (χ1) is 15.8. The number of nitrogens with one attached hydrogen (secondary N) is 4. The Morgan fingerprint density at radius 3 is 1.33 bits per heavy atom. The molecule has 4 N–H and O–H groups in total. The lowest BCUT2D eigenvalue weighted by Crippen LogP contribution is -2.14. The molecule has 7 heteroatoms. The number of rotatable bonds is 5. The number of aromatic nitrogens is 4. The molecule has 2 aromatic heterocycles. The van der Waals surface area contributed by atoms with Gasteiger partial charge in [0.05, 0.1) is 35.9 Å². The van der Waals surface area contributed by atoms with Gasteiger partial charge in [0.25, 0.3) is 0 Å². The van der Waals surface area contributed by atoms with E-state index in [0.29, 0.717) is 12.1 Å². The summed E-state index contributed by atoms with van der Waals surface area (Å²) in [7, 11) is 0. The SMILES string of the molecule is Cl.c1cc(-c2cnc(C3CCCN3)[nH]2)ccc1-c1ccc(-c2cnc(C3CCCN3)[nH]2)cc1. The predicted molar refractivity (Wildman–Crippen MR) is 134 cm³/mol. The van der Waals surface area contributed by atoms with Gasteiger partial charge in [-0.1, -0.05) is 48.5 Å². The summed E-state index contributed by atoms with van der Waals surface area (Å²) in [6, 6.07) is 18.1. The van der Waals surface area contributed by atoms with Crippen molar-refractivity contribution in [1.29, 1.82) is 0 Å². The summed E-state index contributed by atoms with van der Waals surface area (Å²) in [6.07, 6.45) is 8.62. The Bertz CT molecular complexity index is 1090. The monoisotopic (exact) mass is 460 g/mol. The molecule has 6 rings (SSSR count). The number of imidazole rings is 2. The van der Waals surface area contributed by atoms with Crippen LogP contribution in [0, 0.1) is 0 Å². The highest BCUT2D eigenvalue weighted by molar-refractivity contribution is 5.85. The molecule has 2 aliphatic rings. The lowest BCUT2D eigenvalue weighted by molar-refractivity contribution is 0.613. The maximum absolute atomic E-state index is 4.59. The van der Waals surface area contributed by atoms with Crippen molar-refractivity contribution in [3.05, 3.63) is 72.6 Å². The zero-order valence-electron chi connectivity index (χ0n) is 18.5. The average Bonchev–Trinajstić information content (AvgIpc) is 3.66. The number of nitrogens with zero attached hydrogens (tertiary/aromatic N) is 2. The number of aromatic amines is 2. The van der Waals surface area contributed by atoms with Crippen LogP contribution in [0.3, 0.4) is 0 Å². The van der Waals surface area contributed by atoms with E-state index in [9.17, 15) is 0 Å². The number of H-pyrrole nitrogens is 2. The van der Waals surface area contributed by atoms with Crippen molar-refractivity contribution in [2.24, 2.45) is 0 Å². The van der Waals surface area contributed by atoms with Crippen molar-refractivity contribution < 1.29 is 0 Å². The van der Waals surface area contributed by atoms with Crippen LogP contribution < -0.4 is 10.6 Å². The summed E-state index contributed by atoms with van der Waals surface area (Å²) in [4.78, 5) is 16.2. The quantitative estimate of drug-likeness (QED) is 0.321. The lowest BCUT2D eigenvalue weighted by Gasteiger charge is -2.07. The minimum Gasteiger partial charge on any atom is -0.341 e. The molecule has 0 bridgehead atoms. The summed E-state index contributed by atoms with van der Waals surface area (Å²) >= 11 is 0. The zero-order chi connectivity index (χ0) is 21.3. The molecule has 0 saturated carbocycles. The van der Waals surface area contributed by atoms with Crippen LogP contribution in [0.15, 0.2) is 60.9 Å². The Morgan fingerprint density at radius 2 is 0.970 bits per heavy atom. The molecule has 2 atom stereocenters. The van der Waals surface area contributed by atoms with Crippen molar-refractivity contribution in [2.75, 3.05) is 13.1 Å². The van der Waals surface area contributed by atoms with E-state index in [2.05, 4.69) is 79.1 Å².